The quantitative estimate of drug-likeness (QED) is 0.0534. The fourth-order valence-electron chi connectivity index (χ4n) is 6.87. The first-order chi connectivity index (χ1) is 22.1. The van der Waals surface area contributed by atoms with E-state index in [1.807, 2.05) is 0 Å². The van der Waals surface area contributed by atoms with Crippen LogP contribution in [-0.4, -0.2) is 11.7 Å². The Morgan fingerprint density at radius 1 is 0.489 bits per heavy atom. The molecular weight excluding hydrogens is 544 g/mol. The smallest absolute Gasteiger partial charge is 0.0658 e. The zero-order chi connectivity index (χ0) is 32.5. The molecule has 1 aliphatic carbocycles. The van der Waals surface area contributed by atoms with Crippen molar-refractivity contribution in [3.8, 4) is 0 Å². The Hall–Kier alpha value is -1.08. The van der Waals surface area contributed by atoms with Crippen molar-refractivity contribution in [1.82, 2.24) is 0 Å². The van der Waals surface area contributed by atoms with Crippen molar-refractivity contribution in [2.75, 3.05) is 0 Å². The van der Waals surface area contributed by atoms with Crippen molar-refractivity contribution in [3.05, 3.63) is 48.6 Å². The Bertz CT molecular complexity index is 679. The Balaban J connectivity index is 2.13. The van der Waals surface area contributed by atoms with Crippen LogP contribution in [0, 0.1) is 5.92 Å². The van der Waals surface area contributed by atoms with E-state index in [9.17, 15) is 0 Å². The first kappa shape index (κ1) is 41.9. The second-order valence-electron chi connectivity index (χ2n) is 14.7. The van der Waals surface area contributed by atoms with Gasteiger partial charge >= 0.3 is 0 Å². The molecule has 0 aromatic carbocycles. The minimum atomic E-state index is 0.0910. The molecule has 0 heterocycles. The van der Waals surface area contributed by atoms with Gasteiger partial charge in [-0.1, -0.05) is 166 Å². The van der Waals surface area contributed by atoms with Crippen molar-refractivity contribution in [2.45, 2.75) is 226 Å². The molecule has 0 radical (unpaired) electrons. The molecule has 1 heteroatoms. The summed E-state index contributed by atoms with van der Waals surface area (Å²) < 4.78 is 6.93. The molecule has 0 spiro atoms. The first-order valence-electron chi connectivity index (χ1n) is 20.4. The lowest BCUT2D eigenvalue weighted by Gasteiger charge is -2.35. The number of allylic oxidation sites excluding steroid dienone is 8. The number of hydrogen-bond donors (Lipinski definition) is 0. The fourth-order valence-corrected chi connectivity index (χ4v) is 6.87. The second-order valence-corrected chi connectivity index (χ2v) is 14.7. The van der Waals surface area contributed by atoms with Gasteiger partial charge in [-0.05, 0) is 103 Å². The highest BCUT2D eigenvalue weighted by atomic mass is 16.5. The maximum Gasteiger partial charge on any atom is 0.0658 e. The highest BCUT2D eigenvalue weighted by Crippen LogP contribution is 2.35. The molecule has 0 aliphatic heterocycles. The van der Waals surface area contributed by atoms with Crippen LogP contribution in [0.3, 0.4) is 0 Å². The third-order valence-corrected chi connectivity index (χ3v) is 10.0. The highest BCUT2D eigenvalue weighted by Gasteiger charge is 2.33. The summed E-state index contributed by atoms with van der Waals surface area (Å²) in [6.45, 7) is 9.42. The third kappa shape index (κ3) is 26.7. The highest BCUT2D eigenvalue weighted by molar-refractivity contribution is 4.93. The molecule has 0 saturated heterocycles. The SMILES string of the molecule is CCCCC/C=C\C/C=C\CCCCCCCCC(C)(CCCCCCCC/C=C\C/C=C\CCCCC)OC1CCCC1C. The monoisotopic (exact) mass is 625 g/mol. The Morgan fingerprint density at radius 3 is 1.24 bits per heavy atom. The van der Waals surface area contributed by atoms with Gasteiger partial charge in [0.1, 0.15) is 0 Å². The van der Waals surface area contributed by atoms with Crippen LogP contribution in [0.15, 0.2) is 48.6 Å². The van der Waals surface area contributed by atoms with Crippen LogP contribution in [0.25, 0.3) is 0 Å². The van der Waals surface area contributed by atoms with Crippen molar-refractivity contribution in [2.24, 2.45) is 5.92 Å². The average Bonchev–Trinajstić information content (AvgIpc) is 3.43. The fraction of sp³-hybridized carbons (Fsp3) is 0.818. The van der Waals surface area contributed by atoms with E-state index in [1.165, 1.54) is 173 Å². The van der Waals surface area contributed by atoms with Gasteiger partial charge in [-0.25, -0.2) is 0 Å². The zero-order valence-electron chi connectivity index (χ0n) is 31.2. The normalized spacial score (nSPS) is 17.8. The van der Waals surface area contributed by atoms with E-state index >= 15 is 0 Å². The van der Waals surface area contributed by atoms with Crippen LogP contribution in [0.4, 0.5) is 0 Å². The second kappa shape index (κ2) is 31.5. The van der Waals surface area contributed by atoms with Crippen LogP contribution >= 0.6 is 0 Å². The average molecular weight is 625 g/mol. The maximum atomic E-state index is 6.93. The van der Waals surface area contributed by atoms with E-state index < -0.39 is 0 Å². The summed E-state index contributed by atoms with van der Waals surface area (Å²) in [7, 11) is 0. The van der Waals surface area contributed by atoms with Crippen molar-refractivity contribution >= 4 is 0 Å². The van der Waals surface area contributed by atoms with Crippen molar-refractivity contribution in [1.29, 1.82) is 0 Å². The van der Waals surface area contributed by atoms with E-state index in [0.29, 0.717) is 6.10 Å². The Labute approximate surface area is 284 Å². The van der Waals surface area contributed by atoms with Gasteiger partial charge in [-0.3, -0.25) is 0 Å². The summed E-state index contributed by atoms with van der Waals surface area (Å²) >= 11 is 0. The summed E-state index contributed by atoms with van der Waals surface area (Å²) in [5, 5.41) is 0. The molecule has 0 amide bonds. The molecule has 0 bridgehead atoms. The molecule has 2 atom stereocenters. The number of unbranched alkanes of at least 4 members (excludes halogenated alkanes) is 18. The van der Waals surface area contributed by atoms with Crippen molar-refractivity contribution < 1.29 is 4.74 Å². The molecule has 1 saturated carbocycles. The van der Waals surface area contributed by atoms with Crippen molar-refractivity contribution in [3.63, 3.8) is 0 Å². The topological polar surface area (TPSA) is 9.23 Å². The number of rotatable bonds is 32. The summed E-state index contributed by atoms with van der Waals surface area (Å²) in [6.07, 6.45) is 57.7. The van der Waals surface area contributed by atoms with E-state index in [1.54, 1.807) is 0 Å². The van der Waals surface area contributed by atoms with E-state index in [0.717, 1.165) is 18.8 Å². The standard InChI is InChI=1S/C44H80O/c1-5-7-9-11-13-15-17-19-21-23-25-27-29-31-33-35-40-44(4,45-43-39-37-38-42(43)3)41-36-34-32-30-28-26-24-22-20-18-16-14-12-10-8-6-2/h13-16,19-22,42-43H,5-12,17-18,23-41H2,1-4H3/b15-13-,16-14-,21-19-,22-20-. The molecular formula is C44H80O. The first-order valence-corrected chi connectivity index (χ1v) is 20.4. The third-order valence-electron chi connectivity index (χ3n) is 10.0. The minimum Gasteiger partial charge on any atom is -0.372 e. The molecule has 0 aromatic rings. The summed E-state index contributed by atoms with van der Waals surface area (Å²) in [6, 6.07) is 0. The minimum absolute atomic E-state index is 0.0910. The molecule has 1 aliphatic rings. The van der Waals surface area contributed by atoms with Crippen LogP contribution in [-0.2, 0) is 4.74 Å². The summed E-state index contributed by atoms with van der Waals surface area (Å²) in [4.78, 5) is 0. The number of hydrogen-bond acceptors (Lipinski definition) is 1. The number of ether oxygens (including phenoxy) is 1. The van der Waals surface area contributed by atoms with Crippen LogP contribution < -0.4 is 0 Å². The molecule has 0 aromatic heterocycles. The van der Waals surface area contributed by atoms with Gasteiger partial charge in [0.05, 0.1) is 11.7 Å². The molecule has 45 heavy (non-hydrogen) atoms. The molecule has 1 fully saturated rings. The molecule has 0 N–H and O–H groups in total. The van der Waals surface area contributed by atoms with Crippen LogP contribution in [0.2, 0.25) is 0 Å². The lowest BCUT2D eigenvalue weighted by Crippen LogP contribution is -2.35. The lowest BCUT2D eigenvalue weighted by molar-refractivity contribution is -0.105. The largest absolute Gasteiger partial charge is 0.372 e. The Kier molecular flexibility index (Phi) is 29.4. The predicted octanol–water partition coefficient (Wildman–Crippen LogP) is 15.4. The van der Waals surface area contributed by atoms with Crippen LogP contribution in [0.5, 0.6) is 0 Å². The van der Waals surface area contributed by atoms with Crippen LogP contribution in [0.1, 0.15) is 214 Å². The Morgan fingerprint density at radius 2 is 0.867 bits per heavy atom. The van der Waals surface area contributed by atoms with Gasteiger partial charge in [0.15, 0.2) is 0 Å². The van der Waals surface area contributed by atoms with E-state index in [4.69, 9.17) is 4.74 Å². The summed E-state index contributed by atoms with van der Waals surface area (Å²) in [5.74, 6) is 0.746. The summed E-state index contributed by atoms with van der Waals surface area (Å²) in [5.41, 5.74) is 0.0910. The lowest BCUT2D eigenvalue weighted by atomic mass is 9.90. The van der Waals surface area contributed by atoms with Gasteiger partial charge in [-0.15, -0.1) is 0 Å². The molecule has 1 nitrogen and oxygen atoms in total. The van der Waals surface area contributed by atoms with Gasteiger partial charge in [-0.2, -0.15) is 0 Å². The predicted molar refractivity (Wildman–Crippen MR) is 204 cm³/mol. The van der Waals surface area contributed by atoms with Gasteiger partial charge in [0, 0.05) is 0 Å². The van der Waals surface area contributed by atoms with E-state index in [-0.39, 0.29) is 5.60 Å². The zero-order valence-corrected chi connectivity index (χ0v) is 31.2. The maximum absolute atomic E-state index is 6.93. The molecule has 262 valence electrons. The molecule has 2 unspecified atom stereocenters. The van der Waals surface area contributed by atoms with E-state index in [2.05, 4.69) is 76.3 Å². The van der Waals surface area contributed by atoms with Gasteiger partial charge in [0.25, 0.3) is 0 Å². The van der Waals surface area contributed by atoms with Gasteiger partial charge < -0.3 is 4.74 Å². The van der Waals surface area contributed by atoms with Gasteiger partial charge in [0.2, 0.25) is 0 Å². The molecule has 1 rings (SSSR count).